The van der Waals surface area contributed by atoms with Gasteiger partial charge in [0.25, 0.3) is 0 Å². The van der Waals surface area contributed by atoms with Crippen LogP contribution < -0.4 is 0 Å². The highest BCUT2D eigenvalue weighted by molar-refractivity contribution is 9.11. The van der Waals surface area contributed by atoms with Gasteiger partial charge in [0.15, 0.2) is 0 Å². The van der Waals surface area contributed by atoms with Crippen LogP contribution >= 0.6 is 55.1 Å². The zero-order chi connectivity index (χ0) is 48.0. The molecule has 12 aromatic carbocycles. The van der Waals surface area contributed by atoms with Crippen LogP contribution in [-0.2, 0) is 0 Å². The minimum atomic E-state index is 0.801. The standard InChI is InChI=1S/2C16H13Br.2C16H13Cl/c1-10-12-6-3-4-7-13(12)11(2)16-14(10)8-5-9-15(16)17;1-10-13-5-3-4-6-14(13)11(2)16-9-12(17)7-8-15(10)16;1-10-12-6-3-4-7-13(12)11(2)16-14(10)8-5-9-15(16)17;1-10-13-5-3-4-6-14(13)11(2)16-9-12(17)7-8-15(10)16/h4*3-9H,1-2H3. The van der Waals surface area contributed by atoms with Crippen molar-refractivity contribution in [1.82, 2.24) is 0 Å². The molecule has 0 radical (unpaired) electrons. The Bertz CT molecular complexity index is 3640. The molecule has 0 saturated heterocycles. The van der Waals surface area contributed by atoms with Crippen molar-refractivity contribution in [3.8, 4) is 0 Å². The molecule has 0 aliphatic heterocycles. The number of halogens is 4. The molecule has 0 bridgehead atoms. The third-order valence-corrected chi connectivity index (χ3v) is 15.8. The first-order valence-corrected chi connectivity index (χ1v) is 25.4. The van der Waals surface area contributed by atoms with Gasteiger partial charge in [-0.25, -0.2) is 0 Å². The molecule has 0 saturated carbocycles. The van der Waals surface area contributed by atoms with E-state index in [9.17, 15) is 0 Å². The molecule has 0 heterocycles. The fraction of sp³-hybridized carbons (Fsp3) is 0.125. The zero-order valence-electron chi connectivity index (χ0n) is 39.7. The average Bonchev–Trinajstić information content (AvgIpc) is 3.36. The lowest BCUT2D eigenvalue weighted by atomic mass is 9.93. The number of hydrogen-bond donors (Lipinski definition) is 0. The number of hydrogen-bond acceptors (Lipinski definition) is 0. The maximum absolute atomic E-state index is 6.33. The summed E-state index contributed by atoms with van der Waals surface area (Å²) in [4.78, 5) is 0. The van der Waals surface area contributed by atoms with Gasteiger partial charge in [0.2, 0.25) is 0 Å². The van der Waals surface area contributed by atoms with Gasteiger partial charge in [-0.3, -0.25) is 0 Å². The topological polar surface area (TPSA) is 0 Å². The molecule has 68 heavy (non-hydrogen) atoms. The monoisotopic (exact) mass is 1050 g/mol. The van der Waals surface area contributed by atoms with E-state index in [2.05, 4.69) is 239 Å². The van der Waals surface area contributed by atoms with Crippen LogP contribution in [0, 0.1) is 55.4 Å². The molecule has 0 fully saturated rings. The third kappa shape index (κ3) is 8.67. The summed E-state index contributed by atoms with van der Waals surface area (Å²) in [5, 5.41) is 22.7. The lowest BCUT2D eigenvalue weighted by molar-refractivity contribution is 1.51. The van der Waals surface area contributed by atoms with E-state index in [0.29, 0.717) is 0 Å². The second-order valence-electron chi connectivity index (χ2n) is 17.9. The lowest BCUT2D eigenvalue weighted by Crippen LogP contribution is -1.88. The molecular weight excluding hydrogens is 999 g/mol. The molecule has 336 valence electrons. The molecule has 0 N–H and O–H groups in total. The Morgan fingerprint density at radius 2 is 0.574 bits per heavy atom. The number of aryl methyl sites for hydroxylation is 8. The Labute approximate surface area is 426 Å². The summed E-state index contributed by atoms with van der Waals surface area (Å²) in [5.41, 5.74) is 10.7. The highest BCUT2D eigenvalue weighted by Gasteiger charge is 2.13. The van der Waals surface area contributed by atoms with Crippen molar-refractivity contribution in [2.45, 2.75) is 55.4 Å². The van der Waals surface area contributed by atoms with Gasteiger partial charge in [0.05, 0.1) is 0 Å². The van der Waals surface area contributed by atoms with Crippen molar-refractivity contribution in [3.63, 3.8) is 0 Å². The molecule has 4 heteroatoms. The molecular formula is C64H52Br2Cl2. The van der Waals surface area contributed by atoms with E-state index >= 15 is 0 Å². The SMILES string of the molecule is Cc1c2ccccc2c(C)c2c(Br)cccc12.Cc1c2ccccc2c(C)c2c(Cl)cccc12.Cc1c2ccccc2c(C)c2cc(Br)ccc12.Cc1c2ccccc2c(C)c2cc(Cl)ccc12. The largest absolute Gasteiger partial charge is 0.0843 e. The molecule has 0 aromatic heterocycles. The maximum atomic E-state index is 6.33. The Morgan fingerprint density at radius 1 is 0.265 bits per heavy atom. The summed E-state index contributed by atoms with van der Waals surface area (Å²) in [7, 11) is 0. The van der Waals surface area contributed by atoms with E-state index in [1.807, 2.05) is 18.2 Å². The summed E-state index contributed by atoms with van der Waals surface area (Å²) >= 11 is 19.7. The first-order chi connectivity index (χ1) is 32.8. The first-order valence-electron chi connectivity index (χ1n) is 23.0. The average molecular weight is 1050 g/mol. The lowest BCUT2D eigenvalue weighted by Gasteiger charge is -2.12. The van der Waals surface area contributed by atoms with Gasteiger partial charge in [0, 0.05) is 24.4 Å². The van der Waals surface area contributed by atoms with Crippen molar-refractivity contribution in [3.05, 3.63) is 233 Å². The quantitative estimate of drug-likeness (QED) is 0.133. The van der Waals surface area contributed by atoms with Gasteiger partial charge < -0.3 is 0 Å². The molecule has 0 aliphatic rings. The maximum Gasteiger partial charge on any atom is 0.0487 e. The Morgan fingerprint density at radius 3 is 1.03 bits per heavy atom. The summed E-state index contributed by atoms with van der Waals surface area (Å²) in [6.45, 7) is 17.5. The fourth-order valence-corrected chi connectivity index (χ4v) is 11.9. The van der Waals surface area contributed by atoms with Crippen LogP contribution in [0.2, 0.25) is 10.0 Å². The molecule has 0 spiro atoms. The number of fused-ring (bicyclic) bond motifs is 8. The predicted molar refractivity (Wildman–Crippen MR) is 309 cm³/mol. The summed E-state index contributed by atoms with van der Waals surface area (Å²) in [6, 6.07) is 59.6. The van der Waals surface area contributed by atoms with E-state index in [1.165, 1.54) is 135 Å². The minimum Gasteiger partial charge on any atom is -0.0843 e. The fourth-order valence-electron chi connectivity index (χ4n) is 10.4. The Hall–Kier alpha value is -5.74. The summed E-state index contributed by atoms with van der Waals surface area (Å²) in [5.74, 6) is 0. The van der Waals surface area contributed by atoms with Crippen LogP contribution in [0.25, 0.3) is 86.2 Å². The highest BCUT2D eigenvalue weighted by Crippen LogP contribution is 2.38. The smallest absolute Gasteiger partial charge is 0.0487 e. The first kappa shape index (κ1) is 47.3. The van der Waals surface area contributed by atoms with Crippen LogP contribution in [0.5, 0.6) is 0 Å². The number of benzene rings is 12. The van der Waals surface area contributed by atoms with E-state index in [1.54, 1.807) is 0 Å². The minimum absolute atomic E-state index is 0.801. The van der Waals surface area contributed by atoms with Gasteiger partial charge in [0.1, 0.15) is 0 Å². The molecule has 12 aromatic rings. The van der Waals surface area contributed by atoms with Crippen LogP contribution in [0.4, 0.5) is 0 Å². The van der Waals surface area contributed by atoms with Crippen LogP contribution in [0.3, 0.4) is 0 Å². The molecule has 0 amide bonds. The van der Waals surface area contributed by atoms with Gasteiger partial charge in [-0.1, -0.05) is 189 Å². The van der Waals surface area contributed by atoms with Crippen molar-refractivity contribution < 1.29 is 0 Å². The number of rotatable bonds is 0. The van der Waals surface area contributed by atoms with E-state index in [-0.39, 0.29) is 0 Å². The van der Waals surface area contributed by atoms with Gasteiger partial charge >= 0.3 is 0 Å². The highest BCUT2D eigenvalue weighted by atomic mass is 79.9. The van der Waals surface area contributed by atoms with Crippen molar-refractivity contribution >= 4 is 141 Å². The Balaban J connectivity index is 0.000000113. The van der Waals surface area contributed by atoms with Gasteiger partial charge in [-0.15, -0.1) is 0 Å². The van der Waals surface area contributed by atoms with Gasteiger partial charge in [-0.2, -0.15) is 0 Å². The molecule has 12 rings (SSSR count). The van der Waals surface area contributed by atoms with Crippen molar-refractivity contribution in [2.75, 3.05) is 0 Å². The van der Waals surface area contributed by atoms with Gasteiger partial charge in [-0.05, 0) is 217 Å². The van der Waals surface area contributed by atoms with Crippen molar-refractivity contribution in [1.29, 1.82) is 0 Å². The predicted octanol–water partition coefficient (Wildman–Crippen LogP) is 21.3. The van der Waals surface area contributed by atoms with E-state index < -0.39 is 0 Å². The summed E-state index contributed by atoms with van der Waals surface area (Å²) in [6.07, 6.45) is 0. The molecule has 0 atom stereocenters. The zero-order valence-corrected chi connectivity index (χ0v) is 44.4. The summed E-state index contributed by atoms with van der Waals surface area (Å²) < 4.78 is 2.32. The second kappa shape index (κ2) is 19.7. The second-order valence-corrected chi connectivity index (χ2v) is 20.5. The van der Waals surface area contributed by atoms with Crippen LogP contribution in [0.1, 0.15) is 44.5 Å². The van der Waals surface area contributed by atoms with E-state index in [0.717, 1.165) is 14.5 Å². The van der Waals surface area contributed by atoms with Crippen LogP contribution in [-0.4, -0.2) is 0 Å². The van der Waals surface area contributed by atoms with E-state index in [4.69, 9.17) is 23.2 Å². The van der Waals surface area contributed by atoms with Crippen molar-refractivity contribution in [2.24, 2.45) is 0 Å². The molecule has 0 unspecified atom stereocenters. The van der Waals surface area contributed by atoms with Crippen LogP contribution in [0.15, 0.2) is 179 Å². The molecule has 0 aliphatic carbocycles. The molecule has 0 nitrogen and oxygen atoms in total. The third-order valence-electron chi connectivity index (χ3n) is 14.1. The normalized spacial score (nSPS) is 11.2. The Kier molecular flexibility index (Phi) is 13.7.